The van der Waals surface area contributed by atoms with E-state index in [0.717, 1.165) is 76.1 Å². The number of hydrogen-bond donors (Lipinski definition) is 0. The van der Waals surface area contributed by atoms with Crippen LogP contribution in [0, 0.1) is 3.57 Å². The number of methoxy groups -OCH3 is 2. The van der Waals surface area contributed by atoms with Gasteiger partial charge in [0.05, 0.1) is 62.8 Å². The van der Waals surface area contributed by atoms with Crippen molar-refractivity contribution >= 4 is 56.3 Å². The molecular weight excluding hydrogens is 1020 g/mol. The highest BCUT2D eigenvalue weighted by Crippen LogP contribution is 2.44. The van der Waals surface area contributed by atoms with Gasteiger partial charge in [-0.15, -0.1) is 0 Å². The second-order valence-electron chi connectivity index (χ2n) is 15.9. The fourth-order valence-electron chi connectivity index (χ4n) is 8.20. The van der Waals surface area contributed by atoms with E-state index >= 15 is 0 Å². The first-order valence-corrected chi connectivity index (χ1v) is 24.0. The Balaban J connectivity index is 0.000000146. The minimum atomic E-state index is -0.559. The Kier molecular flexibility index (Phi) is 15.6. The lowest BCUT2D eigenvalue weighted by molar-refractivity contribution is -0.147. The van der Waals surface area contributed by atoms with Gasteiger partial charge in [-0.2, -0.15) is 0 Å². The minimum absolute atomic E-state index is 0.114. The van der Waals surface area contributed by atoms with Crippen molar-refractivity contribution in [3.05, 3.63) is 188 Å². The van der Waals surface area contributed by atoms with Crippen LogP contribution < -0.4 is 18.9 Å². The zero-order valence-electron chi connectivity index (χ0n) is 39.3. The van der Waals surface area contributed by atoms with Crippen LogP contribution in [0.1, 0.15) is 80.8 Å². The van der Waals surface area contributed by atoms with Crippen LogP contribution in [0.4, 0.5) is 0 Å². The number of ether oxygens (including phenoxy) is 10. The summed E-state index contributed by atoms with van der Waals surface area (Å²) in [7, 11) is 2.75. The molecule has 0 bridgehead atoms. The summed E-state index contributed by atoms with van der Waals surface area (Å²) >= 11 is 2.10. The van der Waals surface area contributed by atoms with Gasteiger partial charge in [-0.25, -0.2) is 19.6 Å². The number of fused-ring (bicyclic) bond motifs is 6. The summed E-state index contributed by atoms with van der Waals surface area (Å²) in [5, 5.41) is 2.20. The fourth-order valence-corrected chi connectivity index (χ4v) is 8.81. The molecule has 2 unspecified atom stereocenters. The standard InChI is InChI=1S/C27H21NO6.C19H15NO4.C8H7IO2.C2H6/c1-30-26(29)20-8-4-3-7-19(20)21-10-16(11-23-25(21)34-15-33-23)13-31-27-24-18(14-32-27)12-17-6-2-5-9-22(17)28-24;1-2-4-15-13(3-1)8-14-10-22-19(18(14)20-15)21-9-12-5-6-16-17(7-12)24-11-23-16;1-11-8(10)6-4-2-3-5-7(6)9;1-2/h2-12,27H,13-15H2,1H3;1-8,19H,9-11H2;2-5H,1H3;1-2H3. The zero-order chi connectivity index (χ0) is 49.3. The lowest BCUT2D eigenvalue weighted by Crippen LogP contribution is -2.06. The largest absolute Gasteiger partial charge is 0.465 e. The molecule has 8 aromatic rings. The van der Waals surface area contributed by atoms with Crippen molar-refractivity contribution in [2.24, 2.45) is 0 Å². The summed E-state index contributed by atoms with van der Waals surface area (Å²) in [6, 6.07) is 44.5. The number of rotatable bonds is 9. The van der Waals surface area contributed by atoms with Gasteiger partial charge in [0.15, 0.2) is 23.0 Å². The van der Waals surface area contributed by atoms with Crippen LogP contribution in [-0.2, 0) is 54.8 Å². The van der Waals surface area contributed by atoms with Crippen molar-refractivity contribution in [3.8, 4) is 34.1 Å². The molecule has 2 atom stereocenters. The molecule has 4 aliphatic rings. The van der Waals surface area contributed by atoms with Crippen molar-refractivity contribution < 1.29 is 57.0 Å². The lowest BCUT2D eigenvalue weighted by Gasteiger charge is -2.15. The van der Waals surface area contributed by atoms with Crippen molar-refractivity contribution in [1.29, 1.82) is 0 Å². The fraction of sp³-hybridized carbons (Fsp3) is 0.214. The molecule has 0 N–H and O–H groups in total. The number of aromatic nitrogens is 2. The molecule has 14 nitrogen and oxygen atoms in total. The van der Waals surface area contributed by atoms with E-state index in [0.29, 0.717) is 48.0 Å². The third-order valence-electron chi connectivity index (χ3n) is 11.6. The van der Waals surface area contributed by atoms with Crippen LogP contribution in [0.5, 0.6) is 23.0 Å². The molecule has 2 aromatic heterocycles. The summed E-state index contributed by atoms with van der Waals surface area (Å²) in [6.45, 7) is 6.06. The van der Waals surface area contributed by atoms with Crippen LogP contribution in [0.3, 0.4) is 0 Å². The van der Waals surface area contributed by atoms with Crippen LogP contribution in [0.2, 0.25) is 0 Å². The number of esters is 2. The van der Waals surface area contributed by atoms with E-state index in [1.165, 1.54) is 14.2 Å². The number of para-hydroxylation sites is 2. The number of pyridine rings is 2. The Morgan fingerprint density at radius 3 is 1.72 bits per heavy atom. The molecule has 0 spiro atoms. The van der Waals surface area contributed by atoms with E-state index < -0.39 is 18.5 Å². The Hall–Kier alpha value is -7.15. The van der Waals surface area contributed by atoms with Crippen molar-refractivity contribution in [1.82, 2.24) is 9.97 Å². The summed E-state index contributed by atoms with van der Waals surface area (Å²) in [4.78, 5) is 32.8. The van der Waals surface area contributed by atoms with Gasteiger partial charge in [-0.1, -0.05) is 86.6 Å². The van der Waals surface area contributed by atoms with E-state index in [4.69, 9.17) is 52.6 Å². The third kappa shape index (κ3) is 10.9. The first-order valence-electron chi connectivity index (χ1n) is 22.9. The Morgan fingerprint density at radius 1 is 0.549 bits per heavy atom. The minimum Gasteiger partial charge on any atom is -0.465 e. The van der Waals surface area contributed by atoms with Crippen molar-refractivity contribution in [2.75, 3.05) is 27.8 Å². The number of halogens is 1. The van der Waals surface area contributed by atoms with Crippen molar-refractivity contribution in [3.63, 3.8) is 0 Å². The maximum atomic E-state index is 12.4. The van der Waals surface area contributed by atoms with Gasteiger partial charge < -0.3 is 47.4 Å². The average Bonchev–Trinajstić information content (AvgIpc) is 4.26. The summed E-state index contributed by atoms with van der Waals surface area (Å²) in [5.41, 5.74) is 10.0. The highest BCUT2D eigenvalue weighted by Gasteiger charge is 2.29. The van der Waals surface area contributed by atoms with Crippen LogP contribution in [0.15, 0.2) is 140 Å². The number of hydrogen-bond acceptors (Lipinski definition) is 14. The van der Waals surface area contributed by atoms with Crippen LogP contribution in [-0.4, -0.2) is 49.7 Å². The van der Waals surface area contributed by atoms with Gasteiger partial charge in [0.25, 0.3) is 0 Å². The summed E-state index contributed by atoms with van der Waals surface area (Å²) in [5.74, 6) is 2.03. The second kappa shape index (κ2) is 22.7. The number of carbonyl (C=O) groups is 2. The third-order valence-corrected chi connectivity index (χ3v) is 12.5. The average molecular weight is 1070 g/mol. The number of carbonyl (C=O) groups excluding carboxylic acids is 2. The first kappa shape index (κ1) is 48.9. The van der Waals surface area contributed by atoms with E-state index in [1.807, 2.05) is 117 Å². The molecule has 0 saturated heterocycles. The quantitative estimate of drug-likeness (QED) is 0.0995. The molecule has 0 saturated carbocycles. The maximum absolute atomic E-state index is 12.4. The van der Waals surface area contributed by atoms with Crippen molar-refractivity contribution in [2.45, 2.75) is 52.9 Å². The highest BCUT2D eigenvalue weighted by atomic mass is 127. The predicted octanol–water partition coefficient (Wildman–Crippen LogP) is 12.0. The molecule has 71 heavy (non-hydrogen) atoms. The zero-order valence-corrected chi connectivity index (χ0v) is 41.5. The molecule has 0 aliphatic carbocycles. The Labute approximate surface area is 423 Å². The SMILES string of the molecule is CC.COC(=O)c1ccccc1-c1cc(COC2OCc3cc4ccccc4nc32)cc2c1OCO2.COC(=O)c1ccccc1I.c1ccc2nc3c(cc2c1)COC3OCc1ccc2c(c1)OCO2. The van der Waals surface area contributed by atoms with Crippen LogP contribution in [0.25, 0.3) is 32.9 Å². The van der Waals surface area contributed by atoms with Gasteiger partial charge >= 0.3 is 11.9 Å². The van der Waals surface area contributed by atoms with Crippen LogP contribution >= 0.6 is 22.6 Å². The number of benzene rings is 6. The molecule has 12 rings (SSSR count). The smallest absolute Gasteiger partial charge is 0.338 e. The van der Waals surface area contributed by atoms with Gasteiger partial charge in [-0.3, -0.25) is 0 Å². The van der Waals surface area contributed by atoms with Gasteiger partial charge in [0.2, 0.25) is 26.2 Å². The van der Waals surface area contributed by atoms with E-state index in [2.05, 4.69) is 45.5 Å². The predicted molar refractivity (Wildman–Crippen MR) is 272 cm³/mol. The summed E-state index contributed by atoms with van der Waals surface area (Å²) < 4.78 is 56.3. The lowest BCUT2D eigenvalue weighted by atomic mass is 9.96. The molecule has 4 aliphatic heterocycles. The molecule has 0 amide bonds. The Bertz CT molecular complexity index is 3220. The maximum Gasteiger partial charge on any atom is 0.338 e. The first-order chi connectivity index (χ1) is 34.8. The molecule has 6 aromatic carbocycles. The topological polar surface area (TPSA) is 152 Å². The van der Waals surface area contributed by atoms with Gasteiger partial charge in [0.1, 0.15) is 11.4 Å². The number of nitrogens with zero attached hydrogens (tertiary/aromatic N) is 2. The Morgan fingerprint density at radius 2 is 1.07 bits per heavy atom. The molecule has 0 fully saturated rings. The molecule has 0 radical (unpaired) electrons. The monoisotopic (exact) mass is 1070 g/mol. The molecular formula is C56H49IN2O12. The highest BCUT2D eigenvalue weighted by molar-refractivity contribution is 14.1. The molecule has 6 heterocycles. The normalized spacial score (nSPS) is 15.3. The summed E-state index contributed by atoms with van der Waals surface area (Å²) in [6.07, 6.45) is -0.995. The van der Waals surface area contributed by atoms with E-state index in [9.17, 15) is 9.59 Å². The van der Waals surface area contributed by atoms with Gasteiger partial charge in [0, 0.05) is 36.6 Å². The molecule has 362 valence electrons. The van der Waals surface area contributed by atoms with E-state index in [-0.39, 0.29) is 26.2 Å². The van der Waals surface area contributed by atoms with Gasteiger partial charge in [-0.05, 0) is 100 Å². The molecule has 15 heteroatoms. The second-order valence-corrected chi connectivity index (χ2v) is 17.1. The van der Waals surface area contributed by atoms with E-state index in [1.54, 1.807) is 18.2 Å².